The van der Waals surface area contributed by atoms with Crippen LogP contribution in [0, 0.1) is 0 Å². The molecule has 0 spiro atoms. The van der Waals surface area contributed by atoms with Crippen molar-refractivity contribution in [3.63, 3.8) is 0 Å². The van der Waals surface area contributed by atoms with Gasteiger partial charge in [-0.05, 0) is 42.0 Å². The van der Waals surface area contributed by atoms with E-state index >= 15 is 0 Å². The second-order valence-electron chi connectivity index (χ2n) is 7.10. The van der Waals surface area contributed by atoms with Gasteiger partial charge in [-0.25, -0.2) is 4.90 Å². The van der Waals surface area contributed by atoms with Gasteiger partial charge in [-0.15, -0.1) is 0 Å². The number of hydrogen-bond acceptors (Lipinski definition) is 6. The van der Waals surface area contributed by atoms with Gasteiger partial charge in [0.25, 0.3) is 11.8 Å². The summed E-state index contributed by atoms with van der Waals surface area (Å²) in [7, 11) is 4.58. The average Bonchev–Trinajstić information content (AvgIpc) is 3.08. The lowest BCUT2D eigenvalue weighted by molar-refractivity contribution is -0.120. The molecule has 1 N–H and O–H groups in total. The molecule has 0 saturated carbocycles. The van der Waals surface area contributed by atoms with Crippen LogP contribution < -0.4 is 24.4 Å². The number of ether oxygens (including phenoxy) is 3. The Morgan fingerprint density at radius 3 is 2.15 bits per heavy atom. The van der Waals surface area contributed by atoms with Crippen LogP contribution in [0.3, 0.4) is 0 Å². The molecule has 1 aliphatic heterocycles. The molecule has 0 saturated heterocycles. The summed E-state index contributed by atoms with van der Waals surface area (Å²) in [6, 6.07) is 18.6. The van der Waals surface area contributed by atoms with E-state index in [1.54, 1.807) is 73.8 Å². The predicted octanol–water partition coefficient (Wildman–Crippen LogP) is 4.76. The minimum Gasteiger partial charge on any atom is -0.497 e. The molecule has 0 aromatic heterocycles. The van der Waals surface area contributed by atoms with Gasteiger partial charge in [0.15, 0.2) is 0 Å². The number of imide groups is 1. The van der Waals surface area contributed by atoms with Crippen molar-refractivity contribution in [1.29, 1.82) is 0 Å². The van der Waals surface area contributed by atoms with Crippen molar-refractivity contribution in [1.82, 2.24) is 0 Å². The smallest absolute Gasteiger partial charge is 0.282 e. The molecule has 1 aliphatic rings. The summed E-state index contributed by atoms with van der Waals surface area (Å²) < 4.78 is 16.0. The largest absolute Gasteiger partial charge is 0.497 e. The van der Waals surface area contributed by atoms with Crippen LogP contribution in [0.1, 0.15) is 5.56 Å². The molecule has 3 aromatic rings. The minimum atomic E-state index is -0.511. The van der Waals surface area contributed by atoms with E-state index in [9.17, 15) is 9.59 Å². The van der Waals surface area contributed by atoms with Crippen molar-refractivity contribution in [2.75, 3.05) is 31.5 Å². The van der Waals surface area contributed by atoms with Crippen LogP contribution in [0.5, 0.6) is 17.2 Å². The van der Waals surface area contributed by atoms with E-state index in [0.717, 1.165) is 4.90 Å². The van der Waals surface area contributed by atoms with Crippen molar-refractivity contribution < 1.29 is 23.8 Å². The number of anilines is 2. The van der Waals surface area contributed by atoms with E-state index < -0.39 is 11.8 Å². The predicted molar refractivity (Wildman–Crippen MR) is 127 cm³/mol. The molecule has 7 nitrogen and oxygen atoms in total. The number of amides is 2. The van der Waals surface area contributed by atoms with Gasteiger partial charge in [0.2, 0.25) is 0 Å². The topological polar surface area (TPSA) is 77.1 Å². The van der Waals surface area contributed by atoms with Crippen molar-refractivity contribution in [3.8, 4) is 17.2 Å². The van der Waals surface area contributed by atoms with Crippen molar-refractivity contribution >= 4 is 40.4 Å². The first kappa shape index (κ1) is 22.2. The molecule has 8 heteroatoms. The number of hydrogen-bond donors (Lipinski definition) is 1. The van der Waals surface area contributed by atoms with Crippen LogP contribution >= 0.6 is 11.6 Å². The Bertz CT molecular complexity index is 1250. The third-order valence-electron chi connectivity index (χ3n) is 5.19. The highest BCUT2D eigenvalue weighted by Crippen LogP contribution is 2.37. The molecule has 1 heterocycles. The molecule has 168 valence electrons. The van der Waals surface area contributed by atoms with Crippen molar-refractivity contribution in [2.24, 2.45) is 0 Å². The molecule has 4 rings (SSSR count). The molecule has 0 atom stereocenters. The molecule has 0 radical (unpaired) electrons. The number of nitrogens with one attached hydrogen (secondary N) is 1. The molecule has 0 unspecified atom stereocenters. The number of nitrogens with zero attached hydrogens (tertiary/aromatic N) is 1. The Labute approximate surface area is 196 Å². The second kappa shape index (κ2) is 9.26. The first-order valence-electron chi connectivity index (χ1n) is 9.99. The third-order valence-corrected chi connectivity index (χ3v) is 5.45. The van der Waals surface area contributed by atoms with Gasteiger partial charge < -0.3 is 19.5 Å². The van der Waals surface area contributed by atoms with Gasteiger partial charge in [0, 0.05) is 17.2 Å². The molecule has 33 heavy (non-hydrogen) atoms. The summed E-state index contributed by atoms with van der Waals surface area (Å²) in [5, 5.41) is 3.62. The number of carbonyl (C=O) groups is 2. The van der Waals surface area contributed by atoms with Crippen LogP contribution in [0.4, 0.5) is 11.4 Å². The Morgan fingerprint density at radius 1 is 0.788 bits per heavy atom. The lowest BCUT2D eigenvalue weighted by Gasteiger charge is -2.17. The zero-order valence-electron chi connectivity index (χ0n) is 18.2. The van der Waals surface area contributed by atoms with E-state index in [-0.39, 0.29) is 11.3 Å². The number of carbonyl (C=O) groups excluding carboxylic acids is 2. The summed E-state index contributed by atoms with van der Waals surface area (Å²) >= 11 is 6.04. The Kier molecular flexibility index (Phi) is 6.24. The number of methoxy groups -OCH3 is 3. The highest BCUT2D eigenvalue weighted by atomic mass is 35.5. The van der Waals surface area contributed by atoms with Crippen molar-refractivity contribution in [2.45, 2.75) is 0 Å². The van der Waals surface area contributed by atoms with Crippen LogP contribution in [0.2, 0.25) is 5.02 Å². The number of halogens is 1. The zero-order chi connectivity index (χ0) is 23.5. The van der Waals surface area contributed by atoms with Gasteiger partial charge in [-0.3, -0.25) is 9.59 Å². The first-order valence-corrected chi connectivity index (χ1v) is 10.4. The minimum absolute atomic E-state index is 0.108. The zero-order valence-corrected chi connectivity index (χ0v) is 19.0. The fourth-order valence-electron chi connectivity index (χ4n) is 3.56. The maximum atomic E-state index is 13.6. The highest BCUT2D eigenvalue weighted by Gasteiger charge is 2.40. The van der Waals surface area contributed by atoms with Crippen LogP contribution in [0.25, 0.3) is 5.57 Å². The van der Waals surface area contributed by atoms with Crippen LogP contribution in [-0.2, 0) is 9.59 Å². The monoisotopic (exact) mass is 464 g/mol. The van der Waals surface area contributed by atoms with Crippen molar-refractivity contribution in [3.05, 3.63) is 83.0 Å². The number of rotatable bonds is 7. The second-order valence-corrected chi connectivity index (χ2v) is 7.53. The molecule has 3 aromatic carbocycles. The summed E-state index contributed by atoms with van der Waals surface area (Å²) in [6.07, 6.45) is 0. The summed E-state index contributed by atoms with van der Waals surface area (Å²) in [6.45, 7) is 0. The number of benzene rings is 3. The molecular weight excluding hydrogens is 444 g/mol. The van der Waals surface area contributed by atoms with E-state index in [2.05, 4.69) is 5.32 Å². The quantitative estimate of drug-likeness (QED) is 0.508. The maximum Gasteiger partial charge on any atom is 0.282 e. The van der Waals surface area contributed by atoms with Gasteiger partial charge in [-0.1, -0.05) is 29.8 Å². The Balaban J connectivity index is 1.85. The van der Waals surface area contributed by atoms with E-state index in [1.807, 2.05) is 0 Å². The van der Waals surface area contributed by atoms with Gasteiger partial charge in [0.1, 0.15) is 22.9 Å². The molecule has 0 aliphatic carbocycles. The fourth-order valence-corrected chi connectivity index (χ4v) is 3.69. The lowest BCUT2D eigenvalue weighted by atomic mass is 10.0. The first-order chi connectivity index (χ1) is 16.0. The van der Waals surface area contributed by atoms with E-state index in [0.29, 0.717) is 39.2 Å². The van der Waals surface area contributed by atoms with Gasteiger partial charge in [-0.2, -0.15) is 0 Å². The van der Waals surface area contributed by atoms with Crippen LogP contribution in [-0.4, -0.2) is 33.1 Å². The molecular formula is C25H21ClN2O5. The fraction of sp³-hybridized carbons (Fsp3) is 0.120. The molecule has 2 amide bonds. The lowest BCUT2D eigenvalue weighted by Crippen LogP contribution is -2.32. The summed E-state index contributed by atoms with van der Waals surface area (Å²) in [5.41, 5.74) is 1.74. The molecule has 0 fully saturated rings. The van der Waals surface area contributed by atoms with Gasteiger partial charge >= 0.3 is 0 Å². The van der Waals surface area contributed by atoms with Gasteiger partial charge in [0.05, 0.1) is 38.3 Å². The molecule has 0 bridgehead atoms. The SMILES string of the molecule is COc1cccc(N2C(=O)C(Nc3cc(OC)ccc3OC)=C(c3ccc(Cl)cc3)C2=O)c1. The van der Waals surface area contributed by atoms with Crippen LogP contribution in [0.15, 0.2) is 72.4 Å². The summed E-state index contributed by atoms with van der Waals surface area (Å²) in [4.78, 5) is 28.2. The average molecular weight is 465 g/mol. The Hall–Kier alpha value is -3.97. The normalized spacial score (nSPS) is 13.4. The maximum absolute atomic E-state index is 13.6. The highest BCUT2D eigenvalue weighted by molar-refractivity contribution is 6.46. The van der Waals surface area contributed by atoms with E-state index in [1.165, 1.54) is 14.2 Å². The Morgan fingerprint density at radius 2 is 1.48 bits per heavy atom. The van der Waals surface area contributed by atoms with E-state index in [4.69, 9.17) is 25.8 Å². The standard InChI is InChI=1S/C25H21ClN2O5/c1-31-18-6-4-5-17(13-18)28-24(29)22(15-7-9-16(26)10-8-15)23(25(28)30)27-20-14-19(32-2)11-12-21(20)33-3/h4-14,27H,1-3H3. The third kappa shape index (κ3) is 4.23. The summed E-state index contributed by atoms with van der Waals surface area (Å²) in [5.74, 6) is 0.590.